The zero-order valence-corrected chi connectivity index (χ0v) is 38.6. The summed E-state index contributed by atoms with van der Waals surface area (Å²) in [6, 6.07) is 21.5. The first-order valence-electron chi connectivity index (χ1n) is 23.3. The Labute approximate surface area is 381 Å². The average molecular weight is 889 g/mol. The monoisotopic (exact) mass is 888 g/mol. The van der Waals surface area contributed by atoms with Crippen molar-refractivity contribution in [2.75, 3.05) is 66.1 Å². The van der Waals surface area contributed by atoms with E-state index in [1.165, 1.54) is 26.7 Å². The van der Waals surface area contributed by atoms with Gasteiger partial charge in [-0.3, -0.25) is 19.4 Å². The molecule has 1 aliphatic carbocycles. The number of rotatable bonds is 12. The number of carbonyl (C=O) groups is 3. The summed E-state index contributed by atoms with van der Waals surface area (Å²) in [5, 5.41) is 24.5. The number of anilines is 1. The molecule has 0 radical (unpaired) electrons. The summed E-state index contributed by atoms with van der Waals surface area (Å²) in [7, 11) is 6.21. The van der Waals surface area contributed by atoms with Gasteiger partial charge >= 0.3 is 17.9 Å². The number of carbonyl (C=O) groups excluding carboxylic acids is 3. The van der Waals surface area contributed by atoms with Gasteiger partial charge in [0.25, 0.3) is 0 Å². The SMILES string of the molecule is CC[C@]12C=CCN3CC[C@@]4(c5cc([C@@]6(C(=O)OC)C[C@H](CCCCO)CN(Cc7ccccc7)CCc7c6[nH]c6ccccc76)c(OC)cc5N(C)[C@H]4[C@@](O)(C(=O)OC)[C@@H]1OC(C)=O)[C@@H]32. The second-order valence-electron chi connectivity index (χ2n) is 19.1. The molecule has 1 spiro atoms. The Balaban J connectivity index is 1.33. The summed E-state index contributed by atoms with van der Waals surface area (Å²) in [6.45, 7) is 6.90. The van der Waals surface area contributed by atoms with Crippen LogP contribution in [0.5, 0.6) is 5.75 Å². The van der Waals surface area contributed by atoms with Crippen molar-refractivity contribution in [1.29, 1.82) is 0 Å². The van der Waals surface area contributed by atoms with Crippen LogP contribution in [0.25, 0.3) is 10.9 Å². The van der Waals surface area contributed by atoms with Crippen molar-refractivity contribution in [2.24, 2.45) is 11.3 Å². The number of likely N-dealkylation sites (N-methyl/N-ethyl adjacent to an activating group) is 1. The number of fused-ring (bicyclic) bond motifs is 4. The van der Waals surface area contributed by atoms with Crippen LogP contribution < -0.4 is 9.64 Å². The number of benzene rings is 3. The molecule has 65 heavy (non-hydrogen) atoms. The van der Waals surface area contributed by atoms with Crippen LogP contribution in [0, 0.1) is 11.3 Å². The normalized spacial score (nSPS) is 30.6. The molecule has 2 fully saturated rings. The number of hydrogen-bond acceptors (Lipinski definition) is 12. The highest BCUT2D eigenvalue weighted by atomic mass is 16.6. The predicted octanol–water partition coefficient (Wildman–Crippen LogP) is 5.81. The Kier molecular flexibility index (Phi) is 11.9. The van der Waals surface area contributed by atoms with E-state index in [1.807, 2.05) is 43.1 Å². The van der Waals surface area contributed by atoms with Gasteiger partial charge in [0.15, 0.2) is 6.10 Å². The fraction of sp³-hybridized carbons (Fsp3) is 0.519. The topological polar surface area (TPSA) is 154 Å². The van der Waals surface area contributed by atoms with Gasteiger partial charge < -0.3 is 39.0 Å². The van der Waals surface area contributed by atoms with Crippen LogP contribution in [0.3, 0.4) is 0 Å². The maximum atomic E-state index is 15.6. The van der Waals surface area contributed by atoms with Crippen molar-refractivity contribution < 1.29 is 43.5 Å². The minimum atomic E-state index is -2.31. The van der Waals surface area contributed by atoms with E-state index in [2.05, 4.69) is 69.4 Å². The summed E-state index contributed by atoms with van der Waals surface area (Å²) in [4.78, 5) is 53.9. The number of nitrogens with one attached hydrogen (secondary N) is 1. The van der Waals surface area contributed by atoms with E-state index in [-0.39, 0.29) is 18.6 Å². The first kappa shape index (κ1) is 45.0. The number of ether oxygens (including phenoxy) is 4. The molecule has 9 rings (SSSR count). The van der Waals surface area contributed by atoms with Gasteiger partial charge in [-0.25, -0.2) is 4.79 Å². The first-order chi connectivity index (χ1) is 31.4. The van der Waals surface area contributed by atoms with Crippen LogP contribution >= 0.6 is 0 Å². The third-order valence-electron chi connectivity index (χ3n) is 16.0. The third-order valence-corrected chi connectivity index (χ3v) is 16.0. The molecular weight excluding hydrogens is 825 g/mol. The van der Waals surface area contributed by atoms with Crippen LogP contribution in [0.4, 0.5) is 5.69 Å². The van der Waals surface area contributed by atoms with Gasteiger partial charge in [0.1, 0.15) is 11.2 Å². The molecule has 5 heterocycles. The van der Waals surface area contributed by atoms with Gasteiger partial charge in [0.2, 0.25) is 5.60 Å². The minimum Gasteiger partial charge on any atom is -0.496 e. The highest BCUT2D eigenvalue weighted by Crippen LogP contribution is 2.68. The maximum Gasteiger partial charge on any atom is 0.344 e. The molecule has 0 amide bonds. The Morgan fingerprint density at radius 3 is 2.38 bits per heavy atom. The molecule has 3 N–H and O–H groups in total. The number of nitrogens with zero attached hydrogens (tertiary/aromatic N) is 3. The summed E-state index contributed by atoms with van der Waals surface area (Å²) >= 11 is 0. The van der Waals surface area contributed by atoms with E-state index in [9.17, 15) is 19.8 Å². The molecule has 13 heteroatoms. The van der Waals surface area contributed by atoms with Gasteiger partial charge in [-0.15, -0.1) is 0 Å². The molecule has 8 atom stereocenters. The number of aliphatic hydroxyl groups is 2. The third kappa shape index (κ3) is 6.66. The van der Waals surface area contributed by atoms with Gasteiger partial charge in [-0.1, -0.05) is 74.0 Å². The lowest BCUT2D eigenvalue weighted by Gasteiger charge is -2.63. The molecule has 4 aliphatic heterocycles. The van der Waals surface area contributed by atoms with E-state index >= 15 is 4.79 Å². The number of unbranched alkanes of at least 4 members (excludes halogenated alkanes) is 1. The number of aromatic nitrogens is 1. The van der Waals surface area contributed by atoms with Crippen LogP contribution in [0.2, 0.25) is 0 Å². The molecular formula is C52H64N4O9. The maximum absolute atomic E-state index is 15.6. The standard InChI is InChI=1S/C52H64N4O9/c1-7-49-22-15-24-56-26-23-50(44(49)56)38-28-39(42(62-4)29-41(38)54(3)45(50)52(61,48(60)64-6)46(49)65-33(2)58)51(47(59)63-5)30-35(18-13-14-27-57)32-55(31-34-16-9-8-10-17-34)25-21-37-36-19-11-12-20-40(36)53-43(37)51/h8-12,15-17,19-20,22,28-29,35,44-46,53,57,61H,7,13-14,18,21,23-27,30-32H2,1-6H3/t35-,44-,45+,46+,49+,50+,51-,52-/m0/s1. The lowest BCUT2D eigenvalue weighted by molar-refractivity contribution is -0.228. The van der Waals surface area contributed by atoms with E-state index in [0.717, 1.165) is 59.3 Å². The lowest BCUT2D eigenvalue weighted by Crippen LogP contribution is -2.81. The van der Waals surface area contributed by atoms with Gasteiger partial charge in [-0.2, -0.15) is 0 Å². The van der Waals surface area contributed by atoms with E-state index in [4.69, 9.17) is 18.9 Å². The molecule has 1 aromatic heterocycles. The Hall–Kier alpha value is -5.21. The summed E-state index contributed by atoms with van der Waals surface area (Å²) < 4.78 is 24.2. The van der Waals surface area contributed by atoms with Crippen LogP contribution in [-0.4, -0.2) is 128 Å². The molecule has 13 nitrogen and oxygen atoms in total. The number of aliphatic hydroxyl groups excluding tert-OH is 1. The molecule has 4 aromatic rings. The van der Waals surface area contributed by atoms with Crippen LogP contribution in [-0.2, 0) is 52.4 Å². The average Bonchev–Trinajstić information content (AvgIpc) is 3.98. The molecule has 1 saturated heterocycles. The van der Waals surface area contributed by atoms with E-state index in [0.29, 0.717) is 63.1 Å². The lowest BCUT2D eigenvalue weighted by atomic mass is 9.47. The van der Waals surface area contributed by atoms with Crippen LogP contribution in [0.1, 0.15) is 80.3 Å². The summed E-state index contributed by atoms with van der Waals surface area (Å²) in [6.07, 6.45) is 7.07. The largest absolute Gasteiger partial charge is 0.496 e. The Morgan fingerprint density at radius 1 is 0.923 bits per heavy atom. The quantitative estimate of drug-likeness (QED) is 0.0682. The van der Waals surface area contributed by atoms with Crippen molar-refractivity contribution in [3.05, 3.63) is 107 Å². The molecule has 1 saturated carbocycles. The molecule has 5 aliphatic rings. The van der Waals surface area contributed by atoms with E-state index < -0.39 is 51.9 Å². The smallest absolute Gasteiger partial charge is 0.344 e. The van der Waals surface area contributed by atoms with Crippen molar-refractivity contribution in [1.82, 2.24) is 14.8 Å². The zero-order chi connectivity index (χ0) is 45.9. The van der Waals surface area contributed by atoms with Gasteiger partial charge in [-0.05, 0) is 79.8 Å². The number of aromatic amines is 1. The van der Waals surface area contributed by atoms with Crippen molar-refractivity contribution >= 4 is 34.5 Å². The second kappa shape index (κ2) is 17.2. The van der Waals surface area contributed by atoms with Crippen molar-refractivity contribution in [3.8, 4) is 5.75 Å². The number of para-hydroxylation sites is 1. The second-order valence-corrected chi connectivity index (χ2v) is 19.1. The van der Waals surface area contributed by atoms with Crippen molar-refractivity contribution in [3.63, 3.8) is 0 Å². The van der Waals surface area contributed by atoms with Gasteiger partial charge in [0, 0.05) is 97.5 Å². The number of esters is 3. The Morgan fingerprint density at radius 2 is 1.68 bits per heavy atom. The molecule has 0 unspecified atom stereocenters. The zero-order valence-electron chi connectivity index (χ0n) is 38.6. The fourth-order valence-corrected chi connectivity index (χ4v) is 13.7. The molecule has 0 bridgehead atoms. The number of H-pyrrole nitrogens is 1. The summed E-state index contributed by atoms with van der Waals surface area (Å²) in [5.41, 5.74) is 0.535. The van der Waals surface area contributed by atoms with Gasteiger partial charge in [0.05, 0.1) is 27.4 Å². The van der Waals surface area contributed by atoms with Crippen LogP contribution in [0.15, 0.2) is 78.9 Å². The van der Waals surface area contributed by atoms with E-state index in [1.54, 1.807) is 7.11 Å². The molecule has 346 valence electrons. The summed E-state index contributed by atoms with van der Waals surface area (Å²) in [5.74, 6) is -1.47. The fourth-order valence-electron chi connectivity index (χ4n) is 13.7. The predicted molar refractivity (Wildman–Crippen MR) is 247 cm³/mol. The highest BCUT2D eigenvalue weighted by Gasteiger charge is 2.80. The molecule has 3 aromatic carbocycles. The first-order valence-corrected chi connectivity index (χ1v) is 23.3. The minimum absolute atomic E-state index is 0.0324. The van der Waals surface area contributed by atoms with Crippen molar-refractivity contribution in [2.45, 2.75) is 100.0 Å². The highest BCUT2D eigenvalue weighted by molar-refractivity contribution is 5.95. The number of methoxy groups -OCH3 is 3. The number of hydrogen-bond donors (Lipinski definition) is 3. The Bertz CT molecular complexity index is 2490.